The maximum absolute atomic E-state index is 10.0. The number of anilines is 1. The maximum Gasteiger partial charge on any atom is 0.126 e. The number of phenolic OH excluding ortho intramolecular Hbond substituents is 1. The SMILES string of the molecule is Cc1cc(Cl)c(C)c(-c2cn[nH]c2N)c1O. The first-order valence-corrected chi connectivity index (χ1v) is 5.18. The summed E-state index contributed by atoms with van der Waals surface area (Å²) in [5, 5.41) is 17.1. The third-order valence-electron chi connectivity index (χ3n) is 2.62. The van der Waals surface area contributed by atoms with Gasteiger partial charge in [-0.2, -0.15) is 5.10 Å². The van der Waals surface area contributed by atoms with Gasteiger partial charge in [0.15, 0.2) is 0 Å². The Morgan fingerprint density at radius 3 is 2.69 bits per heavy atom. The third-order valence-corrected chi connectivity index (χ3v) is 3.02. The number of nitrogens with two attached hydrogens (primary N) is 1. The number of H-pyrrole nitrogens is 1. The normalized spacial score (nSPS) is 10.7. The van der Waals surface area contributed by atoms with Gasteiger partial charge in [-0.15, -0.1) is 0 Å². The molecule has 0 radical (unpaired) electrons. The highest BCUT2D eigenvalue weighted by Gasteiger charge is 2.16. The molecule has 2 rings (SSSR count). The van der Waals surface area contributed by atoms with Gasteiger partial charge in [-0.05, 0) is 31.0 Å². The Bertz CT molecular complexity index is 522. The average Bonchev–Trinajstić information content (AvgIpc) is 2.63. The fourth-order valence-electron chi connectivity index (χ4n) is 1.69. The van der Waals surface area contributed by atoms with E-state index in [1.807, 2.05) is 6.92 Å². The van der Waals surface area contributed by atoms with Crippen LogP contribution in [0.4, 0.5) is 5.82 Å². The van der Waals surface area contributed by atoms with Gasteiger partial charge in [-0.1, -0.05) is 11.6 Å². The van der Waals surface area contributed by atoms with Crippen LogP contribution in [0.5, 0.6) is 5.75 Å². The van der Waals surface area contributed by atoms with Crippen molar-refractivity contribution in [1.29, 1.82) is 0 Å². The zero-order valence-corrected chi connectivity index (χ0v) is 9.76. The van der Waals surface area contributed by atoms with E-state index in [4.69, 9.17) is 17.3 Å². The number of hydrogen-bond donors (Lipinski definition) is 3. The van der Waals surface area contributed by atoms with Crippen molar-refractivity contribution in [3.8, 4) is 16.9 Å². The van der Waals surface area contributed by atoms with Crippen LogP contribution >= 0.6 is 11.6 Å². The van der Waals surface area contributed by atoms with Gasteiger partial charge in [0.05, 0.1) is 6.20 Å². The van der Waals surface area contributed by atoms with Crippen molar-refractivity contribution in [2.75, 3.05) is 5.73 Å². The molecule has 5 heteroatoms. The largest absolute Gasteiger partial charge is 0.507 e. The fraction of sp³-hybridized carbons (Fsp3) is 0.182. The molecule has 0 amide bonds. The molecule has 4 N–H and O–H groups in total. The summed E-state index contributed by atoms with van der Waals surface area (Å²) < 4.78 is 0. The molecule has 16 heavy (non-hydrogen) atoms. The van der Waals surface area contributed by atoms with Gasteiger partial charge in [0.25, 0.3) is 0 Å². The Morgan fingerprint density at radius 2 is 2.12 bits per heavy atom. The van der Waals surface area contributed by atoms with E-state index in [1.54, 1.807) is 19.2 Å². The molecule has 0 fully saturated rings. The van der Waals surface area contributed by atoms with Gasteiger partial charge in [0.2, 0.25) is 0 Å². The summed E-state index contributed by atoms with van der Waals surface area (Å²) >= 11 is 6.08. The molecule has 0 saturated carbocycles. The van der Waals surface area contributed by atoms with Crippen LogP contribution in [0.2, 0.25) is 5.02 Å². The number of aromatic nitrogens is 2. The van der Waals surface area contributed by atoms with Gasteiger partial charge < -0.3 is 10.8 Å². The van der Waals surface area contributed by atoms with Crippen molar-refractivity contribution in [3.63, 3.8) is 0 Å². The van der Waals surface area contributed by atoms with E-state index in [0.717, 1.165) is 5.56 Å². The number of aryl methyl sites for hydroxylation is 1. The van der Waals surface area contributed by atoms with E-state index in [0.29, 0.717) is 27.5 Å². The summed E-state index contributed by atoms with van der Waals surface area (Å²) in [6, 6.07) is 1.73. The predicted octanol–water partition coefficient (Wildman–Crippen LogP) is 2.63. The van der Waals surface area contributed by atoms with Crippen LogP contribution in [0.3, 0.4) is 0 Å². The van der Waals surface area contributed by atoms with E-state index in [9.17, 15) is 5.11 Å². The van der Waals surface area contributed by atoms with Gasteiger partial charge in [-0.3, -0.25) is 5.10 Å². The molecule has 1 aromatic heterocycles. The molecule has 2 aromatic rings. The molecule has 0 aliphatic rings. The Kier molecular flexibility index (Phi) is 2.52. The second kappa shape index (κ2) is 3.72. The number of aromatic amines is 1. The van der Waals surface area contributed by atoms with Crippen LogP contribution in [-0.2, 0) is 0 Å². The Hall–Kier alpha value is -1.68. The summed E-state index contributed by atoms with van der Waals surface area (Å²) in [5.41, 5.74) is 8.54. The zero-order chi connectivity index (χ0) is 11.9. The Labute approximate surface area is 98.1 Å². The fourth-order valence-corrected chi connectivity index (χ4v) is 1.94. The third kappa shape index (κ3) is 1.51. The minimum absolute atomic E-state index is 0.190. The Balaban J connectivity index is 2.79. The van der Waals surface area contributed by atoms with Crippen molar-refractivity contribution < 1.29 is 5.11 Å². The smallest absolute Gasteiger partial charge is 0.126 e. The van der Waals surface area contributed by atoms with E-state index >= 15 is 0 Å². The summed E-state index contributed by atoms with van der Waals surface area (Å²) in [6.07, 6.45) is 1.58. The highest BCUT2D eigenvalue weighted by atomic mass is 35.5. The van der Waals surface area contributed by atoms with Crippen LogP contribution in [0.1, 0.15) is 11.1 Å². The minimum Gasteiger partial charge on any atom is -0.507 e. The highest BCUT2D eigenvalue weighted by molar-refractivity contribution is 6.32. The first-order chi connectivity index (χ1) is 7.52. The molecule has 0 atom stereocenters. The van der Waals surface area contributed by atoms with Crippen LogP contribution in [0, 0.1) is 13.8 Å². The number of phenols is 1. The summed E-state index contributed by atoms with van der Waals surface area (Å²) in [4.78, 5) is 0. The molecule has 0 saturated heterocycles. The van der Waals surface area contributed by atoms with Crippen LogP contribution in [-0.4, -0.2) is 15.3 Å². The first kappa shape index (κ1) is 10.8. The number of hydrogen-bond acceptors (Lipinski definition) is 3. The lowest BCUT2D eigenvalue weighted by Gasteiger charge is -2.11. The number of benzene rings is 1. The van der Waals surface area contributed by atoms with Gasteiger partial charge in [0.1, 0.15) is 11.6 Å². The van der Waals surface area contributed by atoms with Crippen LogP contribution in [0.25, 0.3) is 11.1 Å². The molecule has 1 aromatic carbocycles. The maximum atomic E-state index is 10.0. The number of halogens is 1. The molecule has 0 bridgehead atoms. The van der Waals surface area contributed by atoms with Crippen molar-refractivity contribution in [2.45, 2.75) is 13.8 Å². The molecule has 1 heterocycles. The minimum atomic E-state index is 0.190. The number of nitrogens with one attached hydrogen (secondary N) is 1. The zero-order valence-electron chi connectivity index (χ0n) is 9.00. The number of nitrogen functional groups attached to an aromatic ring is 1. The van der Waals surface area contributed by atoms with Crippen molar-refractivity contribution in [3.05, 3.63) is 28.4 Å². The average molecular weight is 238 g/mol. The highest BCUT2D eigenvalue weighted by Crippen LogP contribution is 2.40. The predicted molar refractivity (Wildman–Crippen MR) is 64.6 cm³/mol. The number of aromatic hydroxyl groups is 1. The van der Waals surface area contributed by atoms with Crippen LogP contribution in [0.15, 0.2) is 12.3 Å². The number of nitrogens with zero attached hydrogens (tertiary/aromatic N) is 1. The molecule has 84 valence electrons. The van der Waals surface area contributed by atoms with Gasteiger partial charge in [-0.25, -0.2) is 0 Å². The van der Waals surface area contributed by atoms with E-state index in [-0.39, 0.29) is 5.75 Å². The van der Waals surface area contributed by atoms with Gasteiger partial charge >= 0.3 is 0 Å². The van der Waals surface area contributed by atoms with Gasteiger partial charge in [0, 0.05) is 16.1 Å². The lowest BCUT2D eigenvalue weighted by Crippen LogP contribution is -1.92. The molecule has 0 unspecified atom stereocenters. The lowest BCUT2D eigenvalue weighted by atomic mass is 9.98. The van der Waals surface area contributed by atoms with Crippen molar-refractivity contribution >= 4 is 17.4 Å². The standard InChI is InChI=1S/C11H12ClN3O/c1-5-3-8(12)6(2)9(10(5)16)7-4-14-15-11(7)13/h3-4,16H,1-2H3,(H3,13,14,15). The molecule has 0 aliphatic heterocycles. The van der Waals surface area contributed by atoms with Crippen molar-refractivity contribution in [1.82, 2.24) is 10.2 Å². The van der Waals surface area contributed by atoms with Crippen LogP contribution < -0.4 is 5.73 Å². The molecule has 0 spiro atoms. The topological polar surface area (TPSA) is 74.9 Å². The summed E-state index contributed by atoms with van der Waals surface area (Å²) in [6.45, 7) is 3.63. The lowest BCUT2D eigenvalue weighted by molar-refractivity contribution is 0.473. The molecule has 4 nitrogen and oxygen atoms in total. The van der Waals surface area contributed by atoms with E-state index in [1.165, 1.54) is 0 Å². The first-order valence-electron chi connectivity index (χ1n) is 4.80. The molecular weight excluding hydrogens is 226 g/mol. The monoisotopic (exact) mass is 237 g/mol. The van der Waals surface area contributed by atoms with E-state index < -0.39 is 0 Å². The van der Waals surface area contributed by atoms with Crippen molar-refractivity contribution in [2.24, 2.45) is 0 Å². The quantitative estimate of drug-likeness (QED) is 0.714. The summed E-state index contributed by atoms with van der Waals surface area (Å²) in [7, 11) is 0. The molecule has 0 aliphatic carbocycles. The Morgan fingerprint density at radius 1 is 1.44 bits per heavy atom. The summed E-state index contributed by atoms with van der Waals surface area (Å²) in [5.74, 6) is 0.607. The number of rotatable bonds is 1. The second-order valence-electron chi connectivity index (χ2n) is 3.72. The van der Waals surface area contributed by atoms with E-state index in [2.05, 4.69) is 10.2 Å². The molecular formula is C11H12ClN3O. The second-order valence-corrected chi connectivity index (χ2v) is 4.13.